The molecule has 3 heteroatoms. The van der Waals surface area contributed by atoms with Gasteiger partial charge in [-0.2, -0.15) is 0 Å². The fourth-order valence-electron chi connectivity index (χ4n) is 1.24. The van der Waals surface area contributed by atoms with Gasteiger partial charge < -0.3 is 16.2 Å². The summed E-state index contributed by atoms with van der Waals surface area (Å²) in [6.07, 6.45) is 7.18. The zero-order valence-corrected chi connectivity index (χ0v) is 13.5. The van der Waals surface area contributed by atoms with Crippen LogP contribution in [0.15, 0.2) is 48.4 Å². The number of anilines is 1. The molecule has 1 rings (SSSR count). The van der Waals surface area contributed by atoms with Crippen molar-refractivity contribution in [1.29, 1.82) is 0 Å². The molecule has 0 fully saturated rings. The Hall–Kier alpha value is -1.90. The third-order valence-electron chi connectivity index (χ3n) is 1.99. The fourth-order valence-corrected chi connectivity index (χ4v) is 1.24. The molecule has 0 aliphatic heterocycles. The monoisotopic (exact) mass is 278 g/mol. The van der Waals surface area contributed by atoms with Crippen LogP contribution in [0.4, 0.5) is 5.69 Å². The zero-order chi connectivity index (χ0) is 15.8. The van der Waals surface area contributed by atoms with Crippen LogP contribution < -0.4 is 16.2 Å². The van der Waals surface area contributed by atoms with Crippen molar-refractivity contribution in [3.8, 4) is 5.75 Å². The first-order valence-electron chi connectivity index (χ1n) is 7.35. The van der Waals surface area contributed by atoms with Crippen LogP contribution in [0.1, 0.15) is 47.5 Å². The molecular formula is C17H30N2O. The summed E-state index contributed by atoms with van der Waals surface area (Å²) in [5, 5.41) is 0. The molecule has 0 atom stereocenters. The molecule has 4 N–H and O–H groups in total. The lowest BCUT2D eigenvalue weighted by molar-refractivity contribution is 0.481. The lowest BCUT2D eigenvalue weighted by Gasteiger charge is -2.00. The Kier molecular flexibility index (Phi) is 15.5. The second-order valence-electron chi connectivity index (χ2n) is 3.51. The van der Waals surface area contributed by atoms with Crippen molar-refractivity contribution in [2.75, 3.05) is 5.73 Å². The molecule has 0 heterocycles. The Morgan fingerprint density at radius 3 is 2.40 bits per heavy atom. The van der Waals surface area contributed by atoms with Gasteiger partial charge in [-0.05, 0) is 30.7 Å². The van der Waals surface area contributed by atoms with Gasteiger partial charge in [-0.15, -0.1) is 0 Å². The van der Waals surface area contributed by atoms with Crippen LogP contribution in [0.25, 0.3) is 0 Å². The quantitative estimate of drug-likeness (QED) is 0.459. The van der Waals surface area contributed by atoms with Crippen molar-refractivity contribution >= 4 is 5.69 Å². The Labute approximate surface area is 124 Å². The molecule has 0 bridgehead atoms. The highest BCUT2D eigenvalue weighted by Crippen LogP contribution is 2.14. The summed E-state index contributed by atoms with van der Waals surface area (Å²) < 4.78 is 5.35. The van der Waals surface area contributed by atoms with Crippen molar-refractivity contribution in [3.63, 3.8) is 0 Å². The van der Waals surface area contributed by atoms with Crippen LogP contribution in [0.3, 0.4) is 0 Å². The molecule has 3 nitrogen and oxygen atoms in total. The fraction of sp³-hybridized carbons (Fsp3) is 0.412. The highest BCUT2D eigenvalue weighted by atomic mass is 16.5. The van der Waals surface area contributed by atoms with E-state index in [0.29, 0.717) is 5.69 Å². The molecule has 1 aromatic carbocycles. The standard InChI is InChI=1S/C13H18N2O.2C2H6/c1-2-5-11(14)7-4-9-16-13-8-3-6-12(15)10-13;2*1-2/h3-4,6-10H,2,5,14-15H2,1H3;2*1-2H3/b9-4+,11-7+;;. The lowest BCUT2D eigenvalue weighted by atomic mass is 10.2. The number of rotatable bonds is 5. The Balaban J connectivity index is 0. The van der Waals surface area contributed by atoms with E-state index >= 15 is 0 Å². The molecule has 0 radical (unpaired) electrons. The van der Waals surface area contributed by atoms with E-state index in [2.05, 4.69) is 6.92 Å². The van der Waals surface area contributed by atoms with Crippen molar-refractivity contribution in [2.24, 2.45) is 5.73 Å². The largest absolute Gasteiger partial charge is 0.465 e. The average Bonchev–Trinajstić information content (AvgIpc) is 2.48. The van der Waals surface area contributed by atoms with Gasteiger partial charge in [0.1, 0.15) is 5.75 Å². The van der Waals surface area contributed by atoms with E-state index in [1.807, 2.05) is 52.0 Å². The van der Waals surface area contributed by atoms with Crippen molar-refractivity contribution < 1.29 is 4.74 Å². The number of hydrogen-bond donors (Lipinski definition) is 2. The number of nitrogens with two attached hydrogens (primary N) is 2. The number of allylic oxidation sites excluding steroid dienone is 3. The molecule has 0 aliphatic carbocycles. The topological polar surface area (TPSA) is 61.3 Å². The van der Waals surface area contributed by atoms with E-state index in [-0.39, 0.29) is 0 Å². The van der Waals surface area contributed by atoms with Gasteiger partial charge in [-0.1, -0.05) is 47.1 Å². The van der Waals surface area contributed by atoms with Gasteiger partial charge >= 0.3 is 0 Å². The summed E-state index contributed by atoms with van der Waals surface area (Å²) in [5.41, 5.74) is 12.9. The van der Waals surface area contributed by atoms with Crippen LogP contribution in [0.5, 0.6) is 5.75 Å². The third kappa shape index (κ3) is 11.2. The number of benzene rings is 1. The Bertz CT molecular complexity index is 384. The lowest BCUT2D eigenvalue weighted by Crippen LogP contribution is -1.94. The van der Waals surface area contributed by atoms with Gasteiger partial charge in [0.15, 0.2) is 0 Å². The Morgan fingerprint density at radius 2 is 1.85 bits per heavy atom. The van der Waals surface area contributed by atoms with E-state index in [1.54, 1.807) is 18.4 Å². The molecule has 0 aromatic heterocycles. The van der Waals surface area contributed by atoms with E-state index < -0.39 is 0 Å². The predicted molar refractivity (Wildman–Crippen MR) is 90.5 cm³/mol. The van der Waals surface area contributed by atoms with Gasteiger partial charge in [-0.3, -0.25) is 0 Å². The van der Waals surface area contributed by atoms with Gasteiger partial charge in [-0.25, -0.2) is 0 Å². The second kappa shape index (κ2) is 15.2. The normalized spacial score (nSPS) is 10.2. The summed E-state index contributed by atoms with van der Waals surface area (Å²) >= 11 is 0. The molecule has 20 heavy (non-hydrogen) atoms. The van der Waals surface area contributed by atoms with Crippen molar-refractivity contribution in [2.45, 2.75) is 47.5 Å². The number of ether oxygens (including phenoxy) is 1. The van der Waals surface area contributed by atoms with Gasteiger partial charge in [0.05, 0.1) is 6.26 Å². The maximum atomic E-state index is 5.72. The maximum absolute atomic E-state index is 5.72. The molecule has 0 unspecified atom stereocenters. The highest BCUT2D eigenvalue weighted by Gasteiger charge is 1.90. The number of hydrogen-bond acceptors (Lipinski definition) is 3. The van der Waals surface area contributed by atoms with Crippen LogP contribution in [-0.4, -0.2) is 0 Å². The van der Waals surface area contributed by atoms with Crippen molar-refractivity contribution in [3.05, 3.63) is 48.4 Å². The average molecular weight is 278 g/mol. The van der Waals surface area contributed by atoms with Crippen molar-refractivity contribution in [1.82, 2.24) is 0 Å². The zero-order valence-electron chi connectivity index (χ0n) is 13.5. The SMILES string of the molecule is CC.CC.CCC/C(N)=C\C=C\Oc1cccc(N)c1. The minimum Gasteiger partial charge on any atom is -0.465 e. The summed E-state index contributed by atoms with van der Waals surface area (Å²) in [6.45, 7) is 10.1. The molecule has 0 spiro atoms. The van der Waals surface area contributed by atoms with Crippen LogP contribution in [0, 0.1) is 0 Å². The number of nitrogen functional groups attached to an aromatic ring is 1. The maximum Gasteiger partial charge on any atom is 0.128 e. The molecule has 0 amide bonds. The molecule has 1 aromatic rings. The first-order chi connectivity index (χ1) is 9.72. The second-order valence-corrected chi connectivity index (χ2v) is 3.51. The smallest absolute Gasteiger partial charge is 0.128 e. The van der Waals surface area contributed by atoms with E-state index in [0.717, 1.165) is 24.3 Å². The van der Waals surface area contributed by atoms with Gasteiger partial charge in [0.25, 0.3) is 0 Å². The molecular weight excluding hydrogens is 248 g/mol. The van der Waals surface area contributed by atoms with E-state index in [1.165, 1.54) is 0 Å². The molecule has 0 saturated heterocycles. The Morgan fingerprint density at radius 1 is 1.20 bits per heavy atom. The minimum atomic E-state index is 0.687. The summed E-state index contributed by atoms with van der Waals surface area (Å²) in [7, 11) is 0. The van der Waals surface area contributed by atoms with Crippen LogP contribution in [0.2, 0.25) is 0 Å². The first kappa shape index (κ1) is 20.4. The highest BCUT2D eigenvalue weighted by molar-refractivity contribution is 5.43. The van der Waals surface area contributed by atoms with Crippen LogP contribution in [-0.2, 0) is 0 Å². The first-order valence-corrected chi connectivity index (χ1v) is 7.35. The summed E-state index contributed by atoms with van der Waals surface area (Å²) in [6, 6.07) is 7.28. The van der Waals surface area contributed by atoms with Gasteiger partial charge in [0.2, 0.25) is 0 Å². The predicted octanol–water partition coefficient (Wildman–Crippen LogP) is 4.86. The van der Waals surface area contributed by atoms with Crippen LogP contribution >= 0.6 is 0 Å². The van der Waals surface area contributed by atoms with E-state index in [9.17, 15) is 0 Å². The minimum absolute atomic E-state index is 0.687. The van der Waals surface area contributed by atoms with E-state index in [4.69, 9.17) is 16.2 Å². The third-order valence-corrected chi connectivity index (χ3v) is 1.99. The molecule has 114 valence electrons. The summed E-state index contributed by atoms with van der Waals surface area (Å²) in [4.78, 5) is 0. The van der Waals surface area contributed by atoms with Gasteiger partial charge in [0, 0.05) is 17.5 Å². The molecule has 0 saturated carbocycles. The molecule has 0 aliphatic rings. The summed E-state index contributed by atoms with van der Waals surface area (Å²) in [5.74, 6) is 0.721.